The molecule has 1 N–H and O–H groups in total. The van der Waals surface area contributed by atoms with Gasteiger partial charge in [0.1, 0.15) is 11.8 Å². The van der Waals surface area contributed by atoms with E-state index in [0.29, 0.717) is 36.5 Å². The summed E-state index contributed by atoms with van der Waals surface area (Å²) < 4.78 is 23.5. The summed E-state index contributed by atoms with van der Waals surface area (Å²) in [5, 5.41) is 4.26. The molecule has 3 aliphatic heterocycles. The first-order valence-electron chi connectivity index (χ1n) is 11.5. The van der Waals surface area contributed by atoms with Crippen molar-refractivity contribution in [1.82, 2.24) is 19.7 Å². The van der Waals surface area contributed by atoms with Gasteiger partial charge in [0, 0.05) is 45.5 Å². The molecule has 33 heavy (non-hydrogen) atoms. The highest BCUT2D eigenvalue weighted by atomic mass is 32.2. The van der Waals surface area contributed by atoms with Gasteiger partial charge in [-0.1, -0.05) is 6.92 Å². The summed E-state index contributed by atoms with van der Waals surface area (Å²) in [6, 6.07) is 2.12. The molecule has 178 valence electrons. The zero-order chi connectivity index (χ0) is 23.1. The SMILES string of the molecule is CCc1cc(C(=O)OC2CN(c3nc4c(c(N(C)C5CCOCC5)n3)[S+](O)CC4)C2)nn1C. The van der Waals surface area contributed by atoms with Crippen LogP contribution >= 0.6 is 0 Å². The van der Waals surface area contributed by atoms with Gasteiger partial charge in [-0.3, -0.25) is 4.68 Å². The van der Waals surface area contributed by atoms with E-state index in [1.54, 1.807) is 10.7 Å². The first-order chi connectivity index (χ1) is 15.9. The van der Waals surface area contributed by atoms with Crippen LogP contribution in [0.15, 0.2) is 11.0 Å². The fraction of sp³-hybridized carbons (Fsp3) is 0.636. The molecule has 11 heteroatoms. The van der Waals surface area contributed by atoms with Crippen LogP contribution < -0.4 is 9.80 Å². The average molecular weight is 476 g/mol. The number of carbonyl (C=O) groups excluding carboxylic acids is 1. The van der Waals surface area contributed by atoms with E-state index in [9.17, 15) is 9.35 Å². The molecule has 2 aromatic heterocycles. The predicted octanol–water partition coefficient (Wildman–Crippen LogP) is 1.44. The first-order valence-corrected chi connectivity index (χ1v) is 12.9. The summed E-state index contributed by atoms with van der Waals surface area (Å²) in [4.78, 5) is 27.2. The molecule has 0 aliphatic carbocycles. The zero-order valence-corrected chi connectivity index (χ0v) is 20.2. The number of aromatic nitrogens is 4. The van der Waals surface area contributed by atoms with Crippen LogP contribution in [0.4, 0.5) is 11.8 Å². The van der Waals surface area contributed by atoms with E-state index in [1.807, 2.05) is 18.9 Å². The highest BCUT2D eigenvalue weighted by Crippen LogP contribution is 2.36. The van der Waals surface area contributed by atoms with Gasteiger partial charge >= 0.3 is 5.97 Å². The molecule has 2 saturated heterocycles. The Morgan fingerprint density at radius 1 is 1.33 bits per heavy atom. The van der Waals surface area contributed by atoms with Crippen LogP contribution in [0, 0.1) is 0 Å². The molecule has 0 spiro atoms. The minimum atomic E-state index is -0.821. The third-order valence-electron chi connectivity index (χ3n) is 6.70. The first kappa shape index (κ1) is 22.4. The molecule has 1 unspecified atom stereocenters. The lowest BCUT2D eigenvalue weighted by Gasteiger charge is -2.39. The van der Waals surface area contributed by atoms with Gasteiger partial charge in [0.05, 0.1) is 13.1 Å². The van der Waals surface area contributed by atoms with E-state index >= 15 is 0 Å². The molecular formula is C22H31N6O4S+. The molecule has 0 aromatic carbocycles. The van der Waals surface area contributed by atoms with Gasteiger partial charge in [0.25, 0.3) is 4.90 Å². The van der Waals surface area contributed by atoms with Gasteiger partial charge in [-0.05, 0) is 25.3 Å². The van der Waals surface area contributed by atoms with Crippen LogP contribution in [0.5, 0.6) is 0 Å². The number of ether oxygens (including phenoxy) is 2. The highest BCUT2D eigenvalue weighted by molar-refractivity contribution is 7.92. The second-order valence-electron chi connectivity index (χ2n) is 8.83. The average Bonchev–Trinajstić information content (AvgIpc) is 3.37. The largest absolute Gasteiger partial charge is 0.454 e. The van der Waals surface area contributed by atoms with Gasteiger partial charge in [-0.25, -0.2) is 9.78 Å². The van der Waals surface area contributed by atoms with Crippen LogP contribution in [0.25, 0.3) is 0 Å². The van der Waals surface area contributed by atoms with Crippen LogP contribution in [-0.4, -0.2) is 81.5 Å². The Balaban J connectivity index is 1.29. The normalized spacial score (nSPS) is 21.1. The Morgan fingerprint density at radius 3 is 2.79 bits per heavy atom. The molecule has 2 fully saturated rings. The van der Waals surface area contributed by atoms with Crippen molar-refractivity contribution >= 4 is 28.9 Å². The Hall–Kier alpha value is -2.37. The van der Waals surface area contributed by atoms with Crippen molar-refractivity contribution in [2.45, 2.75) is 49.6 Å². The molecule has 1 atom stereocenters. The summed E-state index contributed by atoms with van der Waals surface area (Å²) >= 11 is -0.821. The van der Waals surface area contributed by atoms with Gasteiger partial charge in [0.15, 0.2) is 28.4 Å². The van der Waals surface area contributed by atoms with Gasteiger partial charge in [0.2, 0.25) is 5.95 Å². The van der Waals surface area contributed by atoms with Crippen molar-refractivity contribution in [2.24, 2.45) is 7.05 Å². The molecule has 0 amide bonds. The Morgan fingerprint density at radius 2 is 2.09 bits per heavy atom. The molecule has 5 heterocycles. The summed E-state index contributed by atoms with van der Waals surface area (Å²) in [6.45, 7) is 4.61. The van der Waals surface area contributed by atoms with Crippen LogP contribution in [0.1, 0.15) is 41.6 Å². The van der Waals surface area contributed by atoms with E-state index in [1.165, 1.54) is 0 Å². The third kappa shape index (κ3) is 4.29. The zero-order valence-electron chi connectivity index (χ0n) is 19.4. The Kier molecular flexibility index (Phi) is 6.19. The number of esters is 1. The maximum Gasteiger partial charge on any atom is 0.359 e. The number of aryl methyl sites for hydroxylation is 3. The lowest BCUT2D eigenvalue weighted by molar-refractivity contribution is 0.0223. The molecule has 2 aromatic rings. The van der Waals surface area contributed by atoms with Gasteiger partial charge in [-0.15, -0.1) is 0 Å². The number of fused-ring (bicyclic) bond motifs is 1. The van der Waals surface area contributed by atoms with E-state index in [-0.39, 0.29) is 6.10 Å². The van der Waals surface area contributed by atoms with Crippen LogP contribution in [0.2, 0.25) is 0 Å². The predicted molar refractivity (Wildman–Crippen MR) is 125 cm³/mol. The topological polar surface area (TPSA) is 106 Å². The van der Waals surface area contributed by atoms with Crippen molar-refractivity contribution in [3.05, 3.63) is 23.1 Å². The lowest BCUT2D eigenvalue weighted by Crippen LogP contribution is -2.54. The number of hydrogen-bond donors (Lipinski definition) is 1. The maximum absolute atomic E-state index is 12.5. The van der Waals surface area contributed by atoms with Crippen molar-refractivity contribution < 1.29 is 18.8 Å². The monoisotopic (exact) mass is 475 g/mol. The fourth-order valence-electron chi connectivity index (χ4n) is 4.63. The molecule has 0 radical (unpaired) electrons. The molecular weight excluding hydrogens is 444 g/mol. The van der Waals surface area contributed by atoms with Gasteiger partial charge in [-0.2, -0.15) is 14.6 Å². The Labute approximate surface area is 196 Å². The van der Waals surface area contributed by atoms with E-state index in [0.717, 1.165) is 61.0 Å². The minimum absolute atomic E-state index is 0.217. The number of rotatable bonds is 6. The van der Waals surface area contributed by atoms with Crippen LogP contribution in [-0.2, 0) is 40.5 Å². The van der Waals surface area contributed by atoms with Crippen molar-refractivity contribution in [3.63, 3.8) is 0 Å². The van der Waals surface area contributed by atoms with E-state index < -0.39 is 17.1 Å². The number of hydrogen-bond acceptors (Lipinski definition) is 9. The minimum Gasteiger partial charge on any atom is -0.454 e. The summed E-state index contributed by atoms with van der Waals surface area (Å²) in [5.41, 5.74) is 2.27. The number of carbonyl (C=O) groups is 1. The highest BCUT2D eigenvalue weighted by Gasteiger charge is 2.42. The molecule has 0 saturated carbocycles. The second-order valence-corrected chi connectivity index (χ2v) is 10.4. The summed E-state index contributed by atoms with van der Waals surface area (Å²) in [5.74, 6) is 1.77. The molecule has 0 bridgehead atoms. The second kappa shape index (κ2) is 9.11. The quantitative estimate of drug-likeness (QED) is 0.491. The molecule has 3 aliphatic rings. The fourth-order valence-corrected chi connectivity index (χ4v) is 6.04. The van der Waals surface area contributed by atoms with Gasteiger partial charge < -0.3 is 19.3 Å². The Bertz CT molecular complexity index is 1030. The summed E-state index contributed by atoms with van der Waals surface area (Å²) in [7, 11) is 3.88. The number of nitrogens with zero attached hydrogens (tertiary/aromatic N) is 6. The summed E-state index contributed by atoms with van der Waals surface area (Å²) in [6.07, 6.45) is 3.23. The lowest BCUT2D eigenvalue weighted by atomic mass is 10.1. The molecule has 5 rings (SSSR count). The van der Waals surface area contributed by atoms with E-state index in [2.05, 4.69) is 17.0 Å². The van der Waals surface area contributed by atoms with E-state index in [4.69, 9.17) is 19.4 Å². The number of anilines is 2. The van der Waals surface area contributed by atoms with Crippen molar-refractivity contribution in [3.8, 4) is 0 Å². The smallest absolute Gasteiger partial charge is 0.359 e. The van der Waals surface area contributed by atoms with Crippen molar-refractivity contribution in [2.75, 3.05) is 48.9 Å². The maximum atomic E-state index is 12.5. The molecule has 10 nitrogen and oxygen atoms in total. The standard InChI is InChI=1S/C22H31N6O4S/c1-4-14-11-18(25-27(14)3)21(29)32-16-12-28(13-16)22-23-17-7-10-33(30)19(17)20(24-22)26(2)15-5-8-31-9-6-15/h11,15-16,30H,4-10,12-13H2,1-3H3/q+1. The van der Waals surface area contributed by atoms with Crippen LogP contribution in [0.3, 0.4) is 0 Å². The third-order valence-corrected chi connectivity index (χ3v) is 8.18. The van der Waals surface area contributed by atoms with Crippen molar-refractivity contribution in [1.29, 1.82) is 0 Å².